The van der Waals surface area contributed by atoms with Gasteiger partial charge < -0.3 is 40.9 Å². The van der Waals surface area contributed by atoms with Gasteiger partial charge in [0.25, 0.3) is 0 Å². The van der Waals surface area contributed by atoms with Crippen molar-refractivity contribution in [2.45, 2.75) is 97.3 Å². The molecule has 2 aromatic heterocycles. The quantitative estimate of drug-likeness (QED) is 0.0575. The van der Waals surface area contributed by atoms with Crippen LogP contribution >= 0.6 is 11.3 Å². The first-order chi connectivity index (χ1) is 33.3. The van der Waals surface area contributed by atoms with Gasteiger partial charge in [-0.05, 0) is 100 Å². The van der Waals surface area contributed by atoms with Crippen molar-refractivity contribution in [2.75, 3.05) is 61.3 Å². The van der Waals surface area contributed by atoms with E-state index in [4.69, 9.17) is 4.98 Å². The molecule has 0 aliphatic carbocycles. The van der Waals surface area contributed by atoms with Crippen LogP contribution in [-0.4, -0.2) is 116 Å². The molecule has 7 rings (SSSR count). The number of anilines is 5. The molecule has 2 saturated heterocycles. The number of likely N-dealkylation sites (tertiary alicyclic amines) is 1. The fraction of sp³-hybridized carbons (Fsp3) is 0.431. The average Bonchev–Trinajstić information content (AvgIpc) is 4.00. The Morgan fingerprint density at radius 1 is 0.843 bits per heavy atom. The summed E-state index contributed by atoms with van der Waals surface area (Å²) in [7, 11) is 0. The highest BCUT2D eigenvalue weighted by Gasteiger charge is 2.42. The molecule has 3 aromatic carbocycles. The van der Waals surface area contributed by atoms with Gasteiger partial charge in [0.1, 0.15) is 17.9 Å². The van der Waals surface area contributed by atoms with Gasteiger partial charge >= 0.3 is 0 Å². The number of hydrogen-bond acceptors (Lipinski definition) is 14. The lowest BCUT2D eigenvalue weighted by atomic mass is 9.85. The zero-order chi connectivity index (χ0) is 50.2. The number of carbonyl (C=O) groups is 4. The zero-order valence-corrected chi connectivity index (χ0v) is 43.0. The Hall–Kier alpha value is -6.12. The summed E-state index contributed by atoms with van der Waals surface area (Å²) in [4.78, 5) is 75.0. The Morgan fingerprint density at radius 2 is 1.57 bits per heavy atom. The van der Waals surface area contributed by atoms with Crippen LogP contribution in [0.25, 0.3) is 10.4 Å². The van der Waals surface area contributed by atoms with Crippen molar-refractivity contribution in [3.05, 3.63) is 101 Å². The van der Waals surface area contributed by atoms with Crippen LogP contribution in [0.2, 0.25) is 0 Å². The number of amides is 4. The number of thiazole rings is 1. The topological polar surface area (TPSA) is 212 Å². The van der Waals surface area contributed by atoms with E-state index in [1.165, 1.54) is 0 Å². The molecule has 17 nitrogen and oxygen atoms in total. The summed E-state index contributed by atoms with van der Waals surface area (Å²) in [5, 5.41) is 15.3. The van der Waals surface area contributed by atoms with Crippen molar-refractivity contribution in [3.8, 4) is 10.4 Å². The highest BCUT2D eigenvalue weighted by atomic mass is 32.2. The van der Waals surface area contributed by atoms with E-state index >= 15 is 0 Å². The second kappa shape index (κ2) is 22.7. The minimum absolute atomic E-state index is 0.138. The number of piperazine rings is 1. The zero-order valence-electron chi connectivity index (χ0n) is 41.3. The van der Waals surface area contributed by atoms with Crippen LogP contribution in [0.4, 0.5) is 28.8 Å². The number of benzene rings is 3. The first kappa shape index (κ1) is 51.7. The SMILES string of the molecule is Cc1cnc(Nc2ccc(N3CCN(CC(=O)NCC(=O)N[C@H](C(=O)N4CCC[C@H]4C(=O)NCc4ccc(-c5scnc5C)cc4)C(C)(C)C)CC3)cc2)nc1Nc1cccc([S+]([O-])NC(C)(C)C)c1. The lowest BCUT2D eigenvalue weighted by Gasteiger charge is -2.36. The van der Waals surface area contributed by atoms with E-state index in [2.05, 4.69) is 51.1 Å². The van der Waals surface area contributed by atoms with Crippen molar-refractivity contribution >= 4 is 75.2 Å². The van der Waals surface area contributed by atoms with Crippen LogP contribution in [0.5, 0.6) is 0 Å². The fourth-order valence-corrected chi connectivity index (χ4v) is 10.2. The molecule has 0 saturated carbocycles. The smallest absolute Gasteiger partial charge is 0.246 e. The number of hydrogen-bond donors (Lipinski definition) is 6. The van der Waals surface area contributed by atoms with Crippen molar-refractivity contribution < 1.29 is 23.7 Å². The van der Waals surface area contributed by atoms with E-state index in [-0.39, 0.29) is 36.3 Å². The summed E-state index contributed by atoms with van der Waals surface area (Å²) in [5.74, 6) is -0.241. The predicted octanol–water partition coefficient (Wildman–Crippen LogP) is 6.19. The molecule has 70 heavy (non-hydrogen) atoms. The van der Waals surface area contributed by atoms with Crippen molar-refractivity contribution in [2.24, 2.45) is 5.41 Å². The van der Waals surface area contributed by atoms with E-state index in [1.807, 2.05) is 134 Å². The molecule has 5 aromatic rings. The summed E-state index contributed by atoms with van der Waals surface area (Å²) in [6, 6.07) is 21.9. The first-order valence-corrected chi connectivity index (χ1v) is 25.7. The number of nitrogens with zero attached hydrogens (tertiary/aromatic N) is 6. The minimum atomic E-state index is -1.37. The molecular formula is C51H66N12O5S2. The molecule has 2 fully saturated rings. The number of aryl methyl sites for hydroxylation is 2. The van der Waals surface area contributed by atoms with Crippen molar-refractivity contribution in [1.29, 1.82) is 0 Å². The van der Waals surface area contributed by atoms with Gasteiger partial charge in [0.05, 0.1) is 46.1 Å². The Bertz CT molecular complexity index is 2610. The molecule has 0 radical (unpaired) electrons. The molecule has 3 atom stereocenters. The van der Waals surface area contributed by atoms with E-state index in [9.17, 15) is 23.7 Å². The van der Waals surface area contributed by atoms with Crippen molar-refractivity contribution in [3.63, 3.8) is 0 Å². The molecule has 2 aliphatic heterocycles. The van der Waals surface area contributed by atoms with Gasteiger partial charge in [-0.1, -0.05) is 51.1 Å². The maximum absolute atomic E-state index is 14.0. The second-order valence-corrected chi connectivity index (χ2v) is 22.0. The van der Waals surface area contributed by atoms with Crippen molar-refractivity contribution in [1.82, 2.24) is 45.4 Å². The summed E-state index contributed by atoms with van der Waals surface area (Å²) in [5.41, 5.74) is 7.35. The fourth-order valence-electron chi connectivity index (χ4n) is 8.27. The van der Waals surface area contributed by atoms with E-state index in [0.29, 0.717) is 68.8 Å². The third-order valence-electron chi connectivity index (χ3n) is 12.0. The van der Waals surface area contributed by atoms with Gasteiger partial charge in [-0.2, -0.15) is 4.98 Å². The number of rotatable bonds is 17. The summed E-state index contributed by atoms with van der Waals surface area (Å²) in [6.45, 7) is 18.8. The van der Waals surface area contributed by atoms with Gasteiger partial charge in [0, 0.05) is 74.2 Å². The Kier molecular flexibility index (Phi) is 16.8. The van der Waals surface area contributed by atoms with Crippen LogP contribution < -0.4 is 36.2 Å². The number of nitrogens with one attached hydrogen (secondary N) is 6. The molecule has 4 amide bonds. The van der Waals surface area contributed by atoms with Gasteiger partial charge in [0.2, 0.25) is 29.6 Å². The average molecular weight is 991 g/mol. The Labute approximate surface area is 418 Å². The van der Waals surface area contributed by atoms with Crippen LogP contribution in [0.1, 0.15) is 71.2 Å². The molecule has 0 bridgehead atoms. The lowest BCUT2D eigenvalue weighted by molar-refractivity contribution is -0.143. The molecular weight excluding hydrogens is 925 g/mol. The monoisotopic (exact) mass is 990 g/mol. The van der Waals surface area contributed by atoms with Crippen LogP contribution in [0.3, 0.4) is 0 Å². The third kappa shape index (κ3) is 14.0. The molecule has 2 aliphatic rings. The highest BCUT2D eigenvalue weighted by molar-refractivity contribution is 7.89. The van der Waals surface area contributed by atoms with Crippen LogP contribution in [-0.2, 0) is 37.1 Å². The van der Waals surface area contributed by atoms with Gasteiger partial charge in [-0.15, -0.1) is 16.1 Å². The molecule has 372 valence electrons. The maximum atomic E-state index is 14.0. The standard InChI is InChI=1S/C51H66N12O5S2/c1-33-28-54-49(59-46(33)56-38-11-9-12-40(27-38)70(68)60-51(6,7)8)57-37-18-20-39(21-19-37)62-25-23-61(24-26-62)31-43(65)52-30-42(64)58-45(50(3,4)5)48(67)63-22-10-13-41(63)47(66)53-29-35-14-16-36(17-15-35)44-34(2)55-32-69-44/h9,11-12,14-21,27-28,32,41,45,60H,10,13,22-26,29-31H2,1-8H3,(H,52,65)(H,53,66)(H,58,64)(H2,54,56,57,59)/t41-,45+,70?/m0/s1. The molecule has 19 heteroatoms. The third-order valence-corrected chi connectivity index (χ3v) is 14.5. The van der Waals surface area contributed by atoms with E-state index in [1.54, 1.807) is 22.4 Å². The summed E-state index contributed by atoms with van der Waals surface area (Å²) in [6.07, 6.45) is 2.96. The normalized spacial score (nSPS) is 16.3. The summed E-state index contributed by atoms with van der Waals surface area (Å²) < 4.78 is 16.0. The molecule has 6 N–H and O–H groups in total. The largest absolute Gasteiger partial charge is 0.593 e. The van der Waals surface area contributed by atoms with E-state index < -0.39 is 34.8 Å². The minimum Gasteiger partial charge on any atom is -0.593 e. The van der Waals surface area contributed by atoms with E-state index in [0.717, 1.165) is 44.3 Å². The number of carbonyl (C=O) groups excluding carboxylic acids is 4. The molecule has 1 unspecified atom stereocenters. The predicted molar refractivity (Wildman–Crippen MR) is 277 cm³/mol. The first-order valence-electron chi connectivity index (χ1n) is 23.7. The lowest BCUT2D eigenvalue weighted by Crippen LogP contribution is -2.58. The molecule has 4 heterocycles. The summed E-state index contributed by atoms with van der Waals surface area (Å²) >= 11 is 0.221. The molecule has 0 spiro atoms. The Balaban J connectivity index is 0.834. The van der Waals surface area contributed by atoms with Gasteiger partial charge in [0.15, 0.2) is 4.90 Å². The highest BCUT2D eigenvalue weighted by Crippen LogP contribution is 2.29. The second-order valence-electron chi connectivity index (χ2n) is 19.9. The van der Waals surface area contributed by atoms with Gasteiger partial charge in [-0.25, -0.2) is 9.97 Å². The Morgan fingerprint density at radius 3 is 2.24 bits per heavy atom. The number of aromatic nitrogens is 3. The van der Waals surface area contributed by atoms with Crippen LogP contribution in [0, 0.1) is 19.3 Å². The van der Waals surface area contributed by atoms with Gasteiger partial charge in [-0.3, -0.25) is 24.1 Å². The van der Waals surface area contributed by atoms with Crippen LogP contribution in [0.15, 0.2) is 89.4 Å². The maximum Gasteiger partial charge on any atom is 0.246 e.